The maximum Gasteiger partial charge on any atom is 0.123 e. The SMILES string of the molecule is CCn1cc(Cc2cn(C)nc2-c2ccc(F)cc2[C@@H](C)O)c(C(C)C)n1. The number of hydrogen-bond donors (Lipinski definition) is 1. The second-order valence-electron chi connectivity index (χ2n) is 7.31. The number of aliphatic hydroxyl groups is 1. The van der Waals surface area contributed by atoms with Gasteiger partial charge in [0.25, 0.3) is 0 Å². The zero-order valence-electron chi connectivity index (χ0n) is 16.6. The second-order valence-corrected chi connectivity index (χ2v) is 7.31. The van der Waals surface area contributed by atoms with Gasteiger partial charge in [0.1, 0.15) is 5.82 Å². The summed E-state index contributed by atoms with van der Waals surface area (Å²) >= 11 is 0. The quantitative estimate of drug-likeness (QED) is 0.707. The molecule has 144 valence electrons. The van der Waals surface area contributed by atoms with Crippen molar-refractivity contribution in [3.8, 4) is 11.3 Å². The molecular weight excluding hydrogens is 343 g/mol. The molecule has 0 aliphatic heterocycles. The van der Waals surface area contributed by atoms with Crippen LogP contribution in [0.5, 0.6) is 0 Å². The van der Waals surface area contributed by atoms with Crippen LogP contribution < -0.4 is 0 Å². The maximum atomic E-state index is 13.7. The van der Waals surface area contributed by atoms with Crippen molar-refractivity contribution in [2.45, 2.75) is 52.7 Å². The Morgan fingerprint density at radius 3 is 2.48 bits per heavy atom. The Morgan fingerprint density at radius 2 is 1.85 bits per heavy atom. The van der Waals surface area contributed by atoms with Gasteiger partial charge in [-0.2, -0.15) is 10.2 Å². The number of nitrogens with zero attached hydrogens (tertiary/aromatic N) is 4. The first-order valence-electron chi connectivity index (χ1n) is 9.36. The standard InChI is InChI=1S/C21H27FN4O/c1-6-26-12-16(20(24-26)13(2)3)9-15-11-25(5)23-21(15)18-8-7-17(22)10-19(18)14(4)27/h7-8,10-14,27H,6,9H2,1-5H3/t14-/m1/s1. The summed E-state index contributed by atoms with van der Waals surface area (Å²) in [5.41, 5.74) is 5.36. The van der Waals surface area contributed by atoms with Crippen molar-refractivity contribution in [3.05, 3.63) is 58.8 Å². The third-order valence-corrected chi connectivity index (χ3v) is 4.75. The van der Waals surface area contributed by atoms with E-state index in [4.69, 9.17) is 5.10 Å². The van der Waals surface area contributed by atoms with Crippen molar-refractivity contribution in [1.29, 1.82) is 0 Å². The summed E-state index contributed by atoms with van der Waals surface area (Å²) in [7, 11) is 1.87. The Hall–Kier alpha value is -2.47. The van der Waals surface area contributed by atoms with Gasteiger partial charge >= 0.3 is 0 Å². The average molecular weight is 370 g/mol. The fraction of sp³-hybridized carbons (Fsp3) is 0.429. The molecule has 0 fully saturated rings. The Labute approximate surface area is 159 Å². The first kappa shape index (κ1) is 19.3. The third kappa shape index (κ3) is 3.95. The zero-order valence-corrected chi connectivity index (χ0v) is 16.6. The number of rotatable bonds is 6. The topological polar surface area (TPSA) is 55.9 Å². The van der Waals surface area contributed by atoms with Gasteiger partial charge in [-0.1, -0.05) is 13.8 Å². The Balaban J connectivity index is 2.08. The third-order valence-electron chi connectivity index (χ3n) is 4.75. The summed E-state index contributed by atoms with van der Waals surface area (Å²) in [5.74, 6) is -0.0368. The van der Waals surface area contributed by atoms with E-state index in [0.717, 1.165) is 29.1 Å². The highest BCUT2D eigenvalue weighted by molar-refractivity contribution is 5.68. The normalized spacial score (nSPS) is 12.7. The Bertz CT molecular complexity index is 940. The number of aromatic nitrogens is 4. The van der Waals surface area contributed by atoms with Crippen molar-refractivity contribution in [2.24, 2.45) is 7.05 Å². The first-order valence-corrected chi connectivity index (χ1v) is 9.36. The average Bonchev–Trinajstić information content (AvgIpc) is 3.18. The lowest BCUT2D eigenvalue weighted by Crippen LogP contribution is -2.00. The molecule has 3 rings (SSSR count). The van der Waals surface area contributed by atoms with Gasteiger partial charge in [-0.05, 0) is 49.1 Å². The molecule has 0 spiro atoms. The molecule has 0 bridgehead atoms. The van der Waals surface area contributed by atoms with Gasteiger partial charge < -0.3 is 5.11 Å². The van der Waals surface area contributed by atoms with E-state index in [2.05, 4.69) is 32.1 Å². The van der Waals surface area contributed by atoms with E-state index in [0.29, 0.717) is 17.9 Å². The van der Waals surface area contributed by atoms with E-state index in [1.165, 1.54) is 17.7 Å². The van der Waals surface area contributed by atoms with Crippen LogP contribution in [0.4, 0.5) is 4.39 Å². The molecule has 2 heterocycles. The molecule has 2 aromatic heterocycles. The van der Waals surface area contributed by atoms with Crippen LogP contribution in [-0.2, 0) is 20.0 Å². The number of benzene rings is 1. The van der Waals surface area contributed by atoms with Crippen LogP contribution in [0, 0.1) is 5.82 Å². The zero-order chi connectivity index (χ0) is 19.7. The summed E-state index contributed by atoms with van der Waals surface area (Å²) < 4.78 is 17.4. The van der Waals surface area contributed by atoms with Crippen molar-refractivity contribution >= 4 is 0 Å². The lowest BCUT2D eigenvalue weighted by Gasteiger charge is -2.12. The molecule has 0 saturated heterocycles. The lowest BCUT2D eigenvalue weighted by atomic mass is 9.95. The molecule has 0 aliphatic carbocycles. The van der Waals surface area contributed by atoms with E-state index < -0.39 is 6.10 Å². The monoisotopic (exact) mass is 370 g/mol. The highest BCUT2D eigenvalue weighted by atomic mass is 19.1. The summed E-state index contributed by atoms with van der Waals surface area (Å²) in [6, 6.07) is 4.49. The molecule has 27 heavy (non-hydrogen) atoms. The maximum absolute atomic E-state index is 13.7. The van der Waals surface area contributed by atoms with E-state index in [9.17, 15) is 9.50 Å². The van der Waals surface area contributed by atoms with Gasteiger partial charge in [0.2, 0.25) is 0 Å². The molecule has 0 amide bonds. The van der Waals surface area contributed by atoms with Crippen LogP contribution in [0.15, 0.2) is 30.6 Å². The van der Waals surface area contributed by atoms with Crippen LogP contribution in [0.3, 0.4) is 0 Å². The summed E-state index contributed by atoms with van der Waals surface area (Å²) in [6.07, 6.45) is 3.98. The minimum Gasteiger partial charge on any atom is -0.389 e. The van der Waals surface area contributed by atoms with E-state index in [1.807, 2.05) is 17.9 Å². The summed E-state index contributed by atoms with van der Waals surface area (Å²) in [6.45, 7) is 8.82. The fourth-order valence-corrected chi connectivity index (χ4v) is 3.46. The van der Waals surface area contributed by atoms with Crippen LogP contribution in [-0.4, -0.2) is 24.7 Å². The molecule has 1 N–H and O–H groups in total. The van der Waals surface area contributed by atoms with Crippen LogP contribution in [0.25, 0.3) is 11.3 Å². The highest BCUT2D eigenvalue weighted by Crippen LogP contribution is 2.32. The van der Waals surface area contributed by atoms with Gasteiger partial charge in [-0.25, -0.2) is 4.39 Å². The van der Waals surface area contributed by atoms with Gasteiger partial charge in [0, 0.05) is 43.5 Å². The predicted molar refractivity (Wildman–Crippen MR) is 104 cm³/mol. The van der Waals surface area contributed by atoms with Gasteiger partial charge in [-0.3, -0.25) is 9.36 Å². The van der Waals surface area contributed by atoms with Crippen molar-refractivity contribution in [2.75, 3.05) is 0 Å². The van der Waals surface area contributed by atoms with Crippen LogP contribution in [0.2, 0.25) is 0 Å². The van der Waals surface area contributed by atoms with Crippen molar-refractivity contribution in [3.63, 3.8) is 0 Å². The molecule has 6 heteroatoms. The number of halogens is 1. The number of aliphatic hydroxyl groups excluding tert-OH is 1. The molecule has 0 aliphatic rings. The number of aryl methyl sites for hydroxylation is 2. The Morgan fingerprint density at radius 1 is 1.11 bits per heavy atom. The predicted octanol–water partition coefficient (Wildman–Crippen LogP) is 4.21. The first-order chi connectivity index (χ1) is 12.8. The van der Waals surface area contributed by atoms with Gasteiger partial charge in [-0.15, -0.1) is 0 Å². The molecule has 1 atom stereocenters. The molecule has 0 saturated carbocycles. The smallest absolute Gasteiger partial charge is 0.123 e. The molecule has 0 unspecified atom stereocenters. The lowest BCUT2D eigenvalue weighted by molar-refractivity contribution is 0.199. The minimum atomic E-state index is -0.778. The van der Waals surface area contributed by atoms with Gasteiger partial charge in [0.15, 0.2) is 0 Å². The van der Waals surface area contributed by atoms with Crippen molar-refractivity contribution < 1.29 is 9.50 Å². The molecule has 0 radical (unpaired) electrons. The van der Waals surface area contributed by atoms with E-state index in [-0.39, 0.29) is 5.82 Å². The van der Waals surface area contributed by atoms with E-state index >= 15 is 0 Å². The summed E-state index contributed by atoms with van der Waals surface area (Å²) in [4.78, 5) is 0. The molecular formula is C21H27FN4O. The van der Waals surface area contributed by atoms with Crippen LogP contribution in [0.1, 0.15) is 62.1 Å². The van der Waals surface area contributed by atoms with Crippen molar-refractivity contribution in [1.82, 2.24) is 19.6 Å². The molecule has 5 nitrogen and oxygen atoms in total. The number of hydrogen-bond acceptors (Lipinski definition) is 3. The fourth-order valence-electron chi connectivity index (χ4n) is 3.46. The molecule has 1 aromatic carbocycles. The Kier molecular flexibility index (Phi) is 5.46. The second kappa shape index (κ2) is 7.64. The largest absolute Gasteiger partial charge is 0.389 e. The highest BCUT2D eigenvalue weighted by Gasteiger charge is 2.20. The van der Waals surface area contributed by atoms with Crippen LogP contribution >= 0.6 is 0 Å². The minimum absolute atomic E-state index is 0.326. The van der Waals surface area contributed by atoms with Gasteiger partial charge in [0.05, 0.1) is 17.5 Å². The molecule has 3 aromatic rings. The summed E-state index contributed by atoms with van der Waals surface area (Å²) in [5, 5.41) is 19.4. The van der Waals surface area contributed by atoms with E-state index in [1.54, 1.807) is 17.7 Å².